The third-order valence-electron chi connectivity index (χ3n) is 4.93. The van der Waals surface area contributed by atoms with Crippen LogP contribution in [-0.2, 0) is 4.74 Å². The van der Waals surface area contributed by atoms with Crippen LogP contribution in [0.2, 0.25) is 5.02 Å². The summed E-state index contributed by atoms with van der Waals surface area (Å²) in [5.74, 6) is -1.60. The molecule has 3 rings (SSSR count). The van der Waals surface area contributed by atoms with Crippen molar-refractivity contribution in [3.63, 3.8) is 0 Å². The summed E-state index contributed by atoms with van der Waals surface area (Å²) < 4.78 is 33.4. The van der Waals surface area contributed by atoms with Crippen molar-refractivity contribution in [1.29, 1.82) is 5.53 Å². The van der Waals surface area contributed by atoms with Gasteiger partial charge < -0.3 is 25.4 Å². The van der Waals surface area contributed by atoms with Crippen LogP contribution in [0, 0.1) is 24.1 Å². The average Bonchev–Trinajstić information content (AvgIpc) is 2.76. The average molecular weight is 487 g/mol. The Kier molecular flexibility index (Phi) is 8.15. The number of aliphatic hydroxyl groups excluding tert-OH is 3. The van der Waals surface area contributed by atoms with Crippen LogP contribution in [0.1, 0.15) is 11.1 Å². The minimum absolute atomic E-state index is 0.00114. The van der Waals surface area contributed by atoms with E-state index < -0.39 is 48.0 Å². The van der Waals surface area contributed by atoms with Crippen LogP contribution in [0.3, 0.4) is 0 Å². The largest absolute Gasteiger partial charge is 0.394 e. The number of aromatic nitrogens is 1. The predicted molar refractivity (Wildman–Crippen MR) is 114 cm³/mol. The van der Waals surface area contributed by atoms with Crippen molar-refractivity contribution in [1.82, 2.24) is 10.3 Å². The molecule has 0 saturated carbocycles. The second kappa shape index (κ2) is 10.6. The van der Waals surface area contributed by atoms with E-state index >= 15 is 0 Å². The van der Waals surface area contributed by atoms with E-state index in [0.717, 1.165) is 30.1 Å². The maximum absolute atomic E-state index is 13.9. The predicted octanol–water partition coefficient (Wildman–Crippen LogP) is 2.84. The summed E-state index contributed by atoms with van der Waals surface area (Å²) in [6.07, 6.45) is 0.480. The van der Waals surface area contributed by atoms with Gasteiger partial charge in [-0.05, 0) is 25.1 Å². The highest BCUT2D eigenvalue weighted by molar-refractivity contribution is 7.99. The molecule has 0 spiro atoms. The Hall–Kier alpha value is -2.15. The zero-order chi connectivity index (χ0) is 23.4. The van der Waals surface area contributed by atoms with E-state index in [2.05, 4.69) is 15.4 Å². The van der Waals surface area contributed by atoms with Crippen molar-refractivity contribution in [3.05, 3.63) is 64.6 Å². The third-order valence-corrected chi connectivity index (χ3v) is 6.25. The Morgan fingerprint density at radius 2 is 1.97 bits per heavy atom. The van der Waals surface area contributed by atoms with Gasteiger partial charge in [0, 0.05) is 34.6 Å². The second-order valence-corrected chi connectivity index (χ2v) is 8.67. The lowest BCUT2D eigenvalue weighted by molar-refractivity contribution is -0.164. The highest BCUT2D eigenvalue weighted by Gasteiger charge is 2.44. The van der Waals surface area contributed by atoms with E-state index in [1.165, 1.54) is 19.3 Å². The van der Waals surface area contributed by atoms with E-state index in [1.807, 2.05) is 0 Å². The summed E-state index contributed by atoms with van der Waals surface area (Å²) in [6, 6.07) is 2.63. The Morgan fingerprint density at radius 1 is 1.28 bits per heavy atom. The molecule has 1 fully saturated rings. The first-order valence-electron chi connectivity index (χ1n) is 9.44. The molecule has 5 atom stereocenters. The molecule has 32 heavy (non-hydrogen) atoms. The fourth-order valence-corrected chi connectivity index (χ4v) is 4.45. The molecule has 2 aromatic rings. The van der Waals surface area contributed by atoms with Gasteiger partial charge in [0.2, 0.25) is 0 Å². The number of rotatable bonds is 7. The van der Waals surface area contributed by atoms with Gasteiger partial charge in [0.1, 0.15) is 41.1 Å². The lowest BCUT2D eigenvalue weighted by atomic mass is 9.97. The number of nitrogens with zero attached hydrogens (tertiary/aromatic N) is 2. The number of halogens is 3. The Labute approximate surface area is 191 Å². The van der Waals surface area contributed by atoms with Crippen LogP contribution >= 0.6 is 23.4 Å². The third kappa shape index (κ3) is 5.42. The number of nitrogens with one attached hydrogen (secondary N) is 2. The SMILES string of the molecule is Cc1c(F)cc(/C(=C/NC2C(O)[C@@H](Sc3cncc(Cl)c3)OC(CO)[C@@H]2O)N=N)cc1F. The molecule has 3 unspecified atom stereocenters. The second-order valence-electron chi connectivity index (χ2n) is 7.06. The maximum Gasteiger partial charge on any atom is 0.136 e. The topological polar surface area (TPSA) is 131 Å². The lowest BCUT2D eigenvalue weighted by Crippen LogP contribution is -2.61. The van der Waals surface area contributed by atoms with Crippen molar-refractivity contribution in [2.45, 2.75) is 41.6 Å². The quantitative estimate of drug-likeness (QED) is 0.380. The summed E-state index contributed by atoms with van der Waals surface area (Å²) in [7, 11) is 0. The van der Waals surface area contributed by atoms with E-state index in [9.17, 15) is 24.1 Å². The molecule has 0 amide bonds. The van der Waals surface area contributed by atoms with Gasteiger partial charge in [-0.3, -0.25) is 4.98 Å². The molecule has 1 aromatic heterocycles. The van der Waals surface area contributed by atoms with Crippen molar-refractivity contribution in [3.8, 4) is 0 Å². The molecule has 8 nitrogen and oxygen atoms in total. The van der Waals surface area contributed by atoms with Crippen LogP contribution < -0.4 is 5.32 Å². The number of thioether (sulfide) groups is 1. The van der Waals surface area contributed by atoms with Crippen molar-refractivity contribution in [2.24, 2.45) is 5.11 Å². The lowest BCUT2D eigenvalue weighted by Gasteiger charge is -2.42. The number of aliphatic hydroxyl groups is 3. The first kappa shape index (κ1) is 24.5. The van der Waals surface area contributed by atoms with Gasteiger partial charge in [0.15, 0.2) is 0 Å². The number of hydrogen-bond acceptors (Lipinski definition) is 9. The molecular weight excluding hydrogens is 466 g/mol. The van der Waals surface area contributed by atoms with Crippen molar-refractivity contribution < 1.29 is 28.8 Å². The van der Waals surface area contributed by atoms with E-state index in [-0.39, 0.29) is 16.8 Å². The van der Waals surface area contributed by atoms with Gasteiger partial charge in [-0.25, -0.2) is 14.3 Å². The number of hydrogen-bond donors (Lipinski definition) is 5. The van der Waals surface area contributed by atoms with Gasteiger partial charge in [-0.2, -0.15) is 5.11 Å². The molecule has 1 saturated heterocycles. The zero-order valence-electron chi connectivity index (χ0n) is 16.7. The number of benzene rings is 1. The Morgan fingerprint density at radius 3 is 2.56 bits per heavy atom. The minimum Gasteiger partial charge on any atom is -0.394 e. The van der Waals surface area contributed by atoms with Crippen LogP contribution in [0.4, 0.5) is 8.78 Å². The summed E-state index contributed by atoms with van der Waals surface area (Å²) >= 11 is 7.03. The van der Waals surface area contributed by atoms with Gasteiger partial charge >= 0.3 is 0 Å². The highest BCUT2D eigenvalue weighted by Crippen LogP contribution is 2.34. The molecule has 0 radical (unpaired) electrons. The van der Waals surface area contributed by atoms with Crippen LogP contribution in [0.15, 0.2) is 46.8 Å². The normalized spacial score (nSPS) is 26.1. The van der Waals surface area contributed by atoms with Crippen LogP contribution in [0.5, 0.6) is 0 Å². The standard InChI is InChI=1S/C20H21ClF2N4O4S/c1-9-13(22)2-10(3-14(9)23)15(27-24)7-26-17-18(29)16(8-28)31-20(19(17)30)32-12-4-11(21)5-25-6-12/h2-7,16-20,24,26,28-30H,8H2,1H3/b15-7-,27-24?/t16?,17?,18-,19?,20+/m0/s1. The molecule has 1 aliphatic heterocycles. The molecule has 1 aliphatic rings. The summed E-state index contributed by atoms with van der Waals surface area (Å²) in [6.45, 7) is 0.760. The summed E-state index contributed by atoms with van der Waals surface area (Å²) in [5.41, 5.74) is 6.15. The first-order valence-corrected chi connectivity index (χ1v) is 10.7. The first-order chi connectivity index (χ1) is 15.2. The Bertz CT molecular complexity index is 992. The van der Waals surface area contributed by atoms with Gasteiger partial charge in [0.25, 0.3) is 0 Å². The number of pyridine rings is 1. The van der Waals surface area contributed by atoms with Gasteiger partial charge in [-0.1, -0.05) is 23.4 Å². The molecule has 0 aliphatic carbocycles. The molecule has 12 heteroatoms. The number of ether oxygens (including phenoxy) is 1. The summed E-state index contributed by atoms with van der Waals surface area (Å²) in [5, 5.41) is 37.3. The molecule has 0 bridgehead atoms. The fraction of sp³-hybridized carbons (Fsp3) is 0.350. The van der Waals surface area contributed by atoms with E-state index in [4.69, 9.17) is 21.9 Å². The van der Waals surface area contributed by atoms with E-state index in [0.29, 0.717) is 9.92 Å². The molecule has 2 heterocycles. The van der Waals surface area contributed by atoms with Crippen molar-refractivity contribution in [2.75, 3.05) is 6.61 Å². The maximum atomic E-state index is 13.9. The van der Waals surface area contributed by atoms with Crippen molar-refractivity contribution >= 4 is 29.1 Å². The summed E-state index contributed by atoms with van der Waals surface area (Å²) in [4.78, 5) is 4.56. The monoisotopic (exact) mass is 486 g/mol. The Balaban J connectivity index is 1.84. The molecular formula is C20H21ClF2N4O4S. The molecule has 172 valence electrons. The highest BCUT2D eigenvalue weighted by atomic mass is 35.5. The van der Waals surface area contributed by atoms with Gasteiger partial charge in [-0.15, -0.1) is 0 Å². The molecule has 1 aromatic carbocycles. The minimum atomic E-state index is -1.33. The van der Waals surface area contributed by atoms with Crippen LogP contribution in [-0.4, -0.2) is 56.7 Å². The van der Waals surface area contributed by atoms with Gasteiger partial charge in [0.05, 0.1) is 17.7 Å². The fourth-order valence-electron chi connectivity index (χ4n) is 3.12. The van der Waals surface area contributed by atoms with E-state index in [1.54, 1.807) is 6.07 Å². The molecule has 5 N–H and O–H groups in total. The zero-order valence-corrected chi connectivity index (χ0v) is 18.3. The smallest absolute Gasteiger partial charge is 0.136 e. The van der Waals surface area contributed by atoms with Crippen LogP contribution in [0.25, 0.3) is 5.70 Å².